The number of para-hydroxylation sites is 1. The summed E-state index contributed by atoms with van der Waals surface area (Å²) in [4.78, 5) is 33.5. The molecule has 2 aromatic carbocycles. The fraction of sp³-hybridized carbons (Fsp3) is 0.0476. The predicted octanol–water partition coefficient (Wildman–Crippen LogP) is 5.14. The van der Waals surface area contributed by atoms with Gasteiger partial charge in [-0.1, -0.05) is 41.9 Å². The minimum absolute atomic E-state index is 0.0712. The average Bonchev–Trinajstić information content (AvgIpc) is 3.12. The second-order valence-electron chi connectivity index (χ2n) is 6.11. The van der Waals surface area contributed by atoms with E-state index in [9.17, 15) is 14.7 Å². The van der Waals surface area contributed by atoms with Crippen molar-refractivity contribution in [2.24, 2.45) is 0 Å². The van der Waals surface area contributed by atoms with E-state index in [1.807, 2.05) is 18.2 Å². The smallest absolute Gasteiger partial charge is 0.337 e. The minimum atomic E-state index is -1.08. The maximum absolute atomic E-state index is 12.7. The molecule has 0 aliphatic heterocycles. The van der Waals surface area contributed by atoms with E-state index in [4.69, 9.17) is 11.6 Å². The van der Waals surface area contributed by atoms with Crippen molar-refractivity contribution in [2.45, 2.75) is 6.42 Å². The van der Waals surface area contributed by atoms with Crippen molar-refractivity contribution in [1.29, 1.82) is 0 Å². The van der Waals surface area contributed by atoms with Gasteiger partial charge in [0.2, 0.25) is 5.78 Å². The van der Waals surface area contributed by atoms with Crippen molar-refractivity contribution in [2.75, 3.05) is 0 Å². The quantitative estimate of drug-likeness (QED) is 0.463. The third kappa shape index (κ3) is 3.52. The van der Waals surface area contributed by atoms with Crippen LogP contribution in [0.4, 0.5) is 0 Å². The van der Waals surface area contributed by atoms with Crippen LogP contribution in [-0.4, -0.2) is 26.8 Å². The number of ketones is 1. The first kappa shape index (κ1) is 18.3. The maximum atomic E-state index is 12.7. The number of hydrogen-bond donors (Lipinski definition) is 1. The van der Waals surface area contributed by atoms with Gasteiger partial charge in [-0.2, -0.15) is 0 Å². The summed E-state index contributed by atoms with van der Waals surface area (Å²) in [6.45, 7) is 0. The summed E-state index contributed by atoms with van der Waals surface area (Å²) in [6.07, 6.45) is 1.53. The highest BCUT2D eigenvalue weighted by atomic mass is 35.5. The first-order valence-electron chi connectivity index (χ1n) is 8.37. The Balaban J connectivity index is 1.68. The van der Waals surface area contributed by atoms with Crippen LogP contribution < -0.4 is 0 Å². The topological polar surface area (TPSA) is 80.2 Å². The summed E-state index contributed by atoms with van der Waals surface area (Å²) >= 11 is 7.15. The number of hydrogen-bond acceptors (Lipinski definition) is 5. The molecular formula is C21H13ClN2O3S. The zero-order valence-electron chi connectivity index (χ0n) is 14.4. The lowest BCUT2D eigenvalue weighted by molar-refractivity contribution is 0.0697. The molecule has 0 aliphatic rings. The third-order valence-electron chi connectivity index (χ3n) is 4.30. The number of fused-ring (bicyclic) bond motifs is 1. The van der Waals surface area contributed by atoms with E-state index in [0.717, 1.165) is 10.9 Å². The van der Waals surface area contributed by atoms with Crippen LogP contribution in [0.15, 0.2) is 60.1 Å². The summed E-state index contributed by atoms with van der Waals surface area (Å²) in [5.74, 6) is -1.32. The van der Waals surface area contributed by atoms with Gasteiger partial charge in [0.05, 0.1) is 11.1 Å². The Hall–Kier alpha value is -3.09. The number of carboxylic acids is 1. The van der Waals surface area contributed by atoms with E-state index in [1.165, 1.54) is 11.3 Å². The molecule has 1 N–H and O–H groups in total. The summed E-state index contributed by atoms with van der Waals surface area (Å²) < 4.78 is 0. The van der Waals surface area contributed by atoms with Crippen LogP contribution in [0.25, 0.3) is 22.0 Å². The van der Waals surface area contributed by atoms with Gasteiger partial charge >= 0.3 is 5.97 Å². The largest absolute Gasteiger partial charge is 0.478 e. The second kappa shape index (κ2) is 7.50. The van der Waals surface area contributed by atoms with E-state index in [-0.39, 0.29) is 23.6 Å². The van der Waals surface area contributed by atoms with Crippen LogP contribution in [0.5, 0.6) is 0 Å². The predicted molar refractivity (Wildman–Crippen MR) is 109 cm³/mol. The molecule has 0 unspecified atom stereocenters. The van der Waals surface area contributed by atoms with Crippen molar-refractivity contribution in [3.8, 4) is 11.1 Å². The summed E-state index contributed by atoms with van der Waals surface area (Å²) in [5, 5.41) is 12.9. The van der Waals surface area contributed by atoms with Gasteiger partial charge in [-0.25, -0.2) is 14.8 Å². The Bertz CT molecular complexity index is 1200. The number of Topliss-reactive ketones (excluding diaryl/α,β-unsaturated/α-hetero) is 1. The molecule has 0 amide bonds. The van der Waals surface area contributed by atoms with Crippen LogP contribution in [0.1, 0.15) is 25.9 Å². The number of halogens is 1. The molecule has 28 heavy (non-hydrogen) atoms. The van der Waals surface area contributed by atoms with Gasteiger partial charge in [-0.3, -0.25) is 4.79 Å². The number of rotatable bonds is 5. The average molecular weight is 409 g/mol. The van der Waals surface area contributed by atoms with E-state index >= 15 is 0 Å². The number of carbonyl (C=O) groups excluding carboxylic acids is 1. The normalized spacial score (nSPS) is 10.9. The zero-order valence-corrected chi connectivity index (χ0v) is 16.0. The number of nitrogens with zero attached hydrogens (tertiary/aromatic N) is 2. The highest BCUT2D eigenvalue weighted by molar-refractivity contribution is 7.11. The number of carboxylic acid groups (broad SMARTS) is 1. The molecule has 4 rings (SSSR count). The van der Waals surface area contributed by atoms with Gasteiger partial charge in [0.1, 0.15) is 0 Å². The van der Waals surface area contributed by atoms with Crippen LogP contribution >= 0.6 is 22.9 Å². The number of aromatic carboxylic acids is 1. The molecule has 0 atom stereocenters. The Morgan fingerprint density at radius 2 is 1.82 bits per heavy atom. The molecule has 2 aromatic heterocycles. The third-order valence-corrected chi connectivity index (χ3v) is 5.53. The zero-order chi connectivity index (χ0) is 19.7. The Labute approximate surface area is 169 Å². The molecule has 0 bridgehead atoms. The summed E-state index contributed by atoms with van der Waals surface area (Å²) in [5.41, 5.74) is 2.10. The number of thiophene rings is 1. The summed E-state index contributed by atoms with van der Waals surface area (Å²) in [7, 11) is 0. The first-order chi connectivity index (χ1) is 13.5. The molecule has 5 nitrogen and oxygen atoms in total. The molecule has 0 saturated heterocycles. The van der Waals surface area contributed by atoms with Crippen molar-refractivity contribution in [1.82, 2.24) is 9.97 Å². The molecular weight excluding hydrogens is 396 g/mol. The number of carbonyl (C=O) groups is 2. The van der Waals surface area contributed by atoms with Gasteiger partial charge in [-0.15, -0.1) is 11.3 Å². The minimum Gasteiger partial charge on any atom is -0.478 e. The lowest BCUT2D eigenvalue weighted by Gasteiger charge is -2.04. The standard InChI is InChI=1S/C21H13ClN2O3S/c22-14-7-5-12(6-8-14)15-11-28-18(19(15)21(26)27)9-17(25)20-23-10-13-3-1-2-4-16(13)24-20/h1-8,10-11H,9H2,(H,26,27). The molecule has 7 heteroatoms. The van der Waals surface area contributed by atoms with E-state index in [1.54, 1.807) is 41.9 Å². The molecule has 0 aliphatic carbocycles. The van der Waals surface area contributed by atoms with E-state index in [2.05, 4.69) is 9.97 Å². The fourth-order valence-electron chi connectivity index (χ4n) is 2.94. The Morgan fingerprint density at radius 1 is 1.07 bits per heavy atom. The highest BCUT2D eigenvalue weighted by Gasteiger charge is 2.22. The number of aromatic nitrogens is 2. The SMILES string of the molecule is O=C(Cc1scc(-c2ccc(Cl)cc2)c1C(=O)O)c1ncc2ccccc2n1. The van der Waals surface area contributed by atoms with Crippen LogP contribution in [0.3, 0.4) is 0 Å². The van der Waals surface area contributed by atoms with Gasteiger partial charge in [0.15, 0.2) is 5.82 Å². The number of benzene rings is 2. The lowest BCUT2D eigenvalue weighted by Crippen LogP contribution is -2.10. The van der Waals surface area contributed by atoms with Gasteiger partial charge in [-0.05, 0) is 29.1 Å². The lowest BCUT2D eigenvalue weighted by atomic mass is 10.0. The summed E-state index contributed by atoms with van der Waals surface area (Å²) in [6, 6.07) is 14.3. The van der Waals surface area contributed by atoms with Gasteiger partial charge in [0.25, 0.3) is 0 Å². The Morgan fingerprint density at radius 3 is 2.57 bits per heavy atom. The first-order valence-corrected chi connectivity index (χ1v) is 9.63. The molecule has 138 valence electrons. The van der Waals surface area contributed by atoms with Crippen LogP contribution in [0.2, 0.25) is 5.02 Å². The van der Waals surface area contributed by atoms with Crippen molar-refractivity contribution in [3.63, 3.8) is 0 Å². The molecule has 0 spiro atoms. The van der Waals surface area contributed by atoms with E-state index in [0.29, 0.717) is 21.0 Å². The van der Waals surface area contributed by atoms with Crippen LogP contribution in [0, 0.1) is 0 Å². The highest BCUT2D eigenvalue weighted by Crippen LogP contribution is 2.33. The molecule has 2 heterocycles. The van der Waals surface area contributed by atoms with Crippen molar-refractivity contribution < 1.29 is 14.7 Å². The fourth-order valence-corrected chi connectivity index (χ4v) is 4.11. The molecule has 0 saturated carbocycles. The van der Waals surface area contributed by atoms with Gasteiger partial charge in [0, 0.05) is 33.5 Å². The molecule has 4 aromatic rings. The van der Waals surface area contributed by atoms with Crippen molar-refractivity contribution >= 4 is 45.6 Å². The van der Waals surface area contributed by atoms with Crippen molar-refractivity contribution in [3.05, 3.63) is 81.4 Å². The van der Waals surface area contributed by atoms with E-state index < -0.39 is 5.97 Å². The maximum Gasteiger partial charge on any atom is 0.337 e. The molecule has 0 fully saturated rings. The Kier molecular flexibility index (Phi) is 4.90. The van der Waals surface area contributed by atoms with Gasteiger partial charge < -0.3 is 5.11 Å². The van der Waals surface area contributed by atoms with Crippen LogP contribution in [-0.2, 0) is 6.42 Å². The monoisotopic (exact) mass is 408 g/mol. The molecule has 0 radical (unpaired) electrons. The second-order valence-corrected chi connectivity index (χ2v) is 7.51.